The van der Waals surface area contributed by atoms with E-state index in [9.17, 15) is 9.59 Å². The van der Waals surface area contributed by atoms with E-state index >= 15 is 0 Å². The lowest BCUT2D eigenvalue weighted by molar-refractivity contribution is -0.115. The lowest BCUT2D eigenvalue weighted by Crippen LogP contribution is -2.66. The van der Waals surface area contributed by atoms with Crippen LogP contribution in [0, 0.1) is 0 Å². The Morgan fingerprint density at radius 1 is 0.905 bits per heavy atom. The first-order chi connectivity index (χ1) is 19.6. The lowest BCUT2D eigenvalue weighted by Gasteiger charge is -2.43. The first-order valence-corrected chi connectivity index (χ1v) is 19.4. The molecule has 2 N–H and O–H groups in total. The average Bonchev–Trinajstić information content (AvgIpc) is 3.27. The predicted octanol–water partition coefficient (Wildman–Crippen LogP) is 5.64. The summed E-state index contributed by atoms with van der Waals surface area (Å²) in [6.07, 6.45) is 4.80. The van der Waals surface area contributed by atoms with E-state index in [0.29, 0.717) is 13.0 Å². The lowest BCUT2D eigenvalue weighted by atomic mass is 10.2. The van der Waals surface area contributed by atoms with Gasteiger partial charge in [0, 0.05) is 6.08 Å². The summed E-state index contributed by atoms with van der Waals surface area (Å²) in [5.41, 5.74) is 1.07. The van der Waals surface area contributed by atoms with Gasteiger partial charge in [-0.15, -0.1) is 0 Å². The van der Waals surface area contributed by atoms with Gasteiger partial charge in [-0.1, -0.05) is 108 Å². The molecule has 2 aromatic rings. The van der Waals surface area contributed by atoms with Crippen molar-refractivity contribution in [2.45, 2.75) is 83.3 Å². The summed E-state index contributed by atoms with van der Waals surface area (Å²) >= 11 is 0. The molecule has 42 heavy (non-hydrogen) atoms. The van der Waals surface area contributed by atoms with Gasteiger partial charge in [0.1, 0.15) is 0 Å². The van der Waals surface area contributed by atoms with Crippen LogP contribution >= 0.6 is 0 Å². The molecule has 0 aromatic heterocycles. The average molecular weight is 609 g/mol. The van der Waals surface area contributed by atoms with E-state index in [1.807, 2.05) is 18.2 Å². The predicted molar refractivity (Wildman–Crippen MR) is 175 cm³/mol. The summed E-state index contributed by atoms with van der Waals surface area (Å²) in [7, 11) is -3.47. The molecular weight excluding hydrogens is 561 g/mol. The van der Waals surface area contributed by atoms with Crippen LogP contribution < -0.4 is 21.0 Å². The number of carbonyl (C=O) groups is 2. The maximum Gasteiger partial charge on any atom is 0.322 e. The molecular formula is C33H48N2O5Si2. The number of methoxy groups -OCH3 is 1. The molecule has 0 saturated heterocycles. The number of benzene rings is 2. The third-order valence-electron chi connectivity index (χ3n) is 8.31. The number of rotatable bonds is 10. The van der Waals surface area contributed by atoms with Crippen LogP contribution in [0.5, 0.6) is 0 Å². The van der Waals surface area contributed by atoms with Crippen molar-refractivity contribution in [2.24, 2.45) is 0 Å². The van der Waals surface area contributed by atoms with Crippen molar-refractivity contribution in [3.63, 3.8) is 0 Å². The van der Waals surface area contributed by atoms with E-state index < -0.39 is 34.6 Å². The molecule has 0 heterocycles. The van der Waals surface area contributed by atoms with Crippen molar-refractivity contribution in [1.29, 1.82) is 0 Å². The van der Waals surface area contributed by atoms with Gasteiger partial charge in [0.15, 0.2) is 8.32 Å². The van der Waals surface area contributed by atoms with Crippen LogP contribution in [0.1, 0.15) is 48.0 Å². The Balaban J connectivity index is 1.93. The molecule has 2 atom stereocenters. The van der Waals surface area contributed by atoms with Gasteiger partial charge in [0.05, 0.1) is 32.1 Å². The smallest absolute Gasteiger partial charge is 0.322 e. The van der Waals surface area contributed by atoms with Crippen LogP contribution in [0.3, 0.4) is 0 Å². The summed E-state index contributed by atoms with van der Waals surface area (Å²) in [6, 6.07) is 20.1. The first-order valence-electron chi connectivity index (χ1n) is 14.5. The SMILES string of the molecule is CO/C=C/C(=O)NC(=O)N[C@@H]1C=C(CO[Si](c2ccccc2)(c2ccccc2)C(C)(C)C)CC1O[Si](C)(C)C(C)(C)C. The minimum absolute atomic E-state index is 0.00506. The molecule has 3 rings (SSSR count). The van der Waals surface area contributed by atoms with Crippen molar-refractivity contribution in [2.75, 3.05) is 13.7 Å². The monoisotopic (exact) mass is 608 g/mol. The van der Waals surface area contributed by atoms with Crippen LogP contribution in [0.4, 0.5) is 4.79 Å². The van der Waals surface area contributed by atoms with Gasteiger partial charge >= 0.3 is 6.03 Å². The van der Waals surface area contributed by atoms with Crippen molar-refractivity contribution in [3.8, 4) is 0 Å². The Morgan fingerprint density at radius 2 is 1.45 bits per heavy atom. The van der Waals surface area contributed by atoms with Gasteiger partial charge in [-0.25, -0.2) is 4.79 Å². The van der Waals surface area contributed by atoms with E-state index in [-0.39, 0.29) is 16.2 Å². The molecule has 2 aromatic carbocycles. The molecule has 0 bridgehead atoms. The number of urea groups is 1. The third kappa shape index (κ3) is 7.89. The van der Waals surface area contributed by atoms with E-state index in [4.69, 9.17) is 13.6 Å². The Hall–Kier alpha value is -2.99. The quantitative estimate of drug-likeness (QED) is 0.158. The standard InChI is InChI=1S/C33H48N2O5Si2/c1-32(2,3)41(8,9)40-29-23-25(22-28(29)34-31(37)35-30(36)20-21-38-7)24-39-42(33(4,5)6,26-16-12-10-13-17-26)27-18-14-11-15-19-27/h10-22,28-29H,23-24H2,1-9H3,(H2,34,35,36,37)/b21-20+/t28-,29?/m1/s1. The molecule has 0 saturated carbocycles. The second-order valence-electron chi connectivity index (χ2n) is 13.4. The molecule has 1 unspecified atom stereocenters. The minimum atomic E-state index is -2.74. The summed E-state index contributed by atoms with van der Waals surface area (Å²) in [4.78, 5) is 24.9. The van der Waals surface area contributed by atoms with Gasteiger partial charge < -0.3 is 18.9 Å². The van der Waals surface area contributed by atoms with Crippen molar-refractivity contribution in [1.82, 2.24) is 10.6 Å². The largest absolute Gasteiger partial charge is 0.504 e. The molecule has 9 heteroatoms. The Morgan fingerprint density at radius 3 is 1.93 bits per heavy atom. The van der Waals surface area contributed by atoms with Gasteiger partial charge in [-0.2, -0.15) is 0 Å². The topological polar surface area (TPSA) is 85.9 Å². The number of amides is 3. The molecule has 1 aliphatic carbocycles. The Kier molecular flexibility index (Phi) is 10.8. The number of ether oxygens (including phenoxy) is 1. The maximum atomic E-state index is 12.8. The van der Waals surface area contributed by atoms with E-state index in [0.717, 1.165) is 11.6 Å². The molecule has 0 spiro atoms. The molecule has 3 amide bonds. The van der Waals surface area contributed by atoms with Crippen molar-refractivity contribution < 1.29 is 23.2 Å². The zero-order valence-electron chi connectivity index (χ0n) is 26.6. The van der Waals surface area contributed by atoms with Crippen LogP contribution in [0.25, 0.3) is 0 Å². The molecule has 228 valence electrons. The summed E-state index contributed by atoms with van der Waals surface area (Å²) in [5.74, 6) is -0.562. The molecule has 7 nitrogen and oxygen atoms in total. The molecule has 0 aliphatic heterocycles. The van der Waals surface area contributed by atoms with Crippen LogP contribution in [0.15, 0.2) is 84.7 Å². The van der Waals surface area contributed by atoms with E-state index in [1.54, 1.807) is 0 Å². The van der Waals surface area contributed by atoms with Crippen molar-refractivity contribution in [3.05, 3.63) is 84.7 Å². The summed E-state index contributed by atoms with van der Waals surface area (Å²) in [6.45, 7) is 18.2. The van der Waals surface area contributed by atoms with Gasteiger partial charge in [-0.3, -0.25) is 10.1 Å². The zero-order valence-corrected chi connectivity index (χ0v) is 28.6. The number of hydrogen-bond acceptors (Lipinski definition) is 5. The highest BCUT2D eigenvalue weighted by atomic mass is 28.4. The Labute approximate surface area is 254 Å². The van der Waals surface area contributed by atoms with Crippen LogP contribution in [0.2, 0.25) is 23.2 Å². The molecule has 0 fully saturated rings. The zero-order chi connectivity index (χ0) is 31.2. The Bertz CT molecular complexity index is 1230. The highest BCUT2D eigenvalue weighted by Gasteiger charge is 2.50. The van der Waals surface area contributed by atoms with Gasteiger partial charge in [0.25, 0.3) is 14.2 Å². The van der Waals surface area contributed by atoms with Crippen LogP contribution in [-0.2, 0) is 18.4 Å². The third-order valence-corrected chi connectivity index (χ3v) is 17.8. The highest BCUT2D eigenvalue weighted by molar-refractivity contribution is 6.99. The van der Waals surface area contributed by atoms with E-state index in [2.05, 4.69) is 114 Å². The van der Waals surface area contributed by atoms with Gasteiger partial charge in [-0.05, 0) is 45.5 Å². The maximum absolute atomic E-state index is 12.8. The second kappa shape index (κ2) is 13.5. The normalized spacial score (nSPS) is 18.1. The summed E-state index contributed by atoms with van der Waals surface area (Å²) < 4.78 is 18.8. The van der Waals surface area contributed by atoms with Crippen molar-refractivity contribution >= 4 is 38.9 Å². The fraction of sp³-hybridized carbons (Fsp3) is 0.455. The number of carbonyl (C=O) groups excluding carboxylic acids is 2. The number of imide groups is 1. The minimum Gasteiger partial charge on any atom is -0.504 e. The molecule has 1 aliphatic rings. The molecule has 0 radical (unpaired) electrons. The van der Waals surface area contributed by atoms with E-state index in [1.165, 1.54) is 23.7 Å². The number of hydrogen-bond donors (Lipinski definition) is 2. The highest BCUT2D eigenvalue weighted by Crippen LogP contribution is 2.40. The van der Waals surface area contributed by atoms with Crippen LogP contribution in [-0.4, -0.2) is 54.4 Å². The first kappa shape index (κ1) is 33.5. The van der Waals surface area contributed by atoms with Gasteiger partial charge in [0.2, 0.25) is 0 Å². The summed E-state index contributed by atoms with van der Waals surface area (Å²) in [5, 5.41) is 7.57. The fourth-order valence-electron chi connectivity index (χ4n) is 5.16. The second-order valence-corrected chi connectivity index (χ2v) is 22.5. The fourth-order valence-corrected chi connectivity index (χ4v) is 11.1. The number of nitrogens with one attached hydrogen (secondary N) is 2.